The van der Waals surface area contributed by atoms with Crippen LogP contribution in [0.15, 0.2) is 76.8 Å². The zero-order valence-electron chi connectivity index (χ0n) is 20.2. The van der Waals surface area contributed by atoms with Crippen molar-refractivity contribution in [2.45, 2.75) is 32.2 Å². The zero-order valence-corrected chi connectivity index (χ0v) is 21.8. The lowest BCUT2D eigenvalue weighted by atomic mass is 9.85. The number of ether oxygens (including phenoxy) is 2. The molecule has 1 amide bonds. The van der Waals surface area contributed by atoms with Crippen LogP contribution in [-0.4, -0.2) is 30.0 Å². The van der Waals surface area contributed by atoms with E-state index >= 15 is 0 Å². The van der Waals surface area contributed by atoms with Crippen LogP contribution in [0.5, 0.6) is 11.5 Å². The summed E-state index contributed by atoms with van der Waals surface area (Å²) in [7, 11) is 0. The van der Waals surface area contributed by atoms with Crippen LogP contribution in [0.4, 0.5) is 5.69 Å². The van der Waals surface area contributed by atoms with E-state index < -0.39 is 17.7 Å². The number of aliphatic hydroxyl groups is 1. The maximum atomic E-state index is 13.4. The normalized spacial score (nSPS) is 19.0. The van der Waals surface area contributed by atoms with Crippen molar-refractivity contribution >= 4 is 39.1 Å². The fourth-order valence-electron chi connectivity index (χ4n) is 4.52. The average Bonchev–Trinajstić information content (AvgIpc) is 3.13. The number of nitrogens with zero attached hydrogens (tertiary/aromatic N) is 1. The number of anilines is 1. The van der Waals surface area contributed by atoms with E-state index in [1.165, 1.54) is 4.90 Å². The number of hydrogen-bond donors (Lipinski definition) is 1. The zero-order chi connectivity index (χ0) is 25.6. The summed E-state index contributed by atoms with van der Waals surface area (Å²) in [6.45, 7) is 7.21. The van der Waals surface area contributed by atoms with Crippen LogP contribution in [0.25, 0.3) is 5.76 Å². The van der Waals surface area contributed by atoms with Crippen molar-refractivity contribution in [3.05, 3.63) is 93.5 Å². The minimum absolute atomic E-state index is 0.0423. The topological polar surface area (TPSA) is 76.1 Å². The molecular weight excluding hydrogens is 522 g/mol. The molecule has 0 aromatic heterocycles. The predicted octanol–water partition coefficient (Wildman–Crippen LogP) is 6.14. The van der Waals surface area contributed by atoms with Gasteiger partial charge in [0.1, 0.15) is 19.0 Å². The van der Waals surface area contributed by atoms with E-state index in [9.17, 15) is 14.7 Å². The Labute approximate surface area is 218 Å². The highest BCUT2D eigenvalue weighted by Gasteiger charge is 2.47. The SMILES string of the molecule is CC(C)(C)c1ccc(C2/C(=C(\O)c3ccc(Br)cc3)C(=O)C(=O)N2c2ccc3c(c2)OCCO3)cc1. The number of amides is 1. The number of hydrogen-bond acceptors (Lipinski definition) is 5. The summed E-state index contributed by atoms with van der Waals surface area (Å²) in [5.41, 5.74) is 2.76. The molecule has 0 aliphatic carbocycles. The van der Waals surface area contributed by atoms with Crippen LogP contribution in [0.1, 0.15) is 43.5 Å². The van der Waals surface area contributed by atoms with E-state index in [-0.39, 0.29) is 16.7 Å². The predicted molar refractivity (Wildman–Crippen MR) is 141 cm³/mol. The highest BCUT2D eigenvalue weighted by Crippen LogP contribution is 2.44. The van der Waals surface area contributed by atoms with E-state index in [0.29, 0.717) is 36.0 Å². The first-order valence-corrected chi connectivity index (χ1v) is 12.5. The first-order valence-electron chi connectivity index (χ1n) is 11.7. The van der Waals surface area contributed by atoms with Gasteiger partial charge in [-0.3, -0.25) is 14.5 Å². The van der Waals surface area contributed by atoms with E-state index in [0.717, 1.165) is 15.6 Å². The lowest BCUT2D eigenvalue weighted by Crippen LogP contribution is -2.29. The minimum Gasteiger partial charge on any atom is -0.507 e. The van der Waals surface area contributed by atoms with Gasteiger partial charge in [-0.05, 0) is 40.8 Å². The van der Waals surface area contributed by atoms with Crippen molar-refractivity contribution in [1.82, 2.24) is 0 Å². The molecule has 2 aliphatic heterocycles. The van der Waals surface area contributed by atoms with Gasteiger partial charge in [0.2, 0.25) is 0 Å². The minimum atomic E-state index is -0.815. The molecule has 7 heteroatoms. The van der Waals surface area contributed by atoms with Crippen LogP contribution in [0, 0.1) is 0 Å². The van der Waals surface area contributed by atoms with Crippen LogP contribution >= 0.6 is 15.9 Å². The Morgan fingerprint density at radius 1 is 0.917 bits per heavy atom. The number of fused-ring (bicyclic) bond motifs is 1. The highest BCUT2D eigenvalue weighted by atomic mass is 79.9. The maximum Gasteiger partial charge on any atom is 0.300 e. The van der Waals surface area contributed by atoms with Gasteiger partial charge in [0.25, 0.3) is 11.7 Å². The number of carbonyl (C=O) groups excluding carboxylic acids is 2. The Morgan fingerprint density at radius 2 is 1.56 bits per heavy atom. The lowest BCUT2D eigenvalue weighted by molar-refractivity contribution is -0.132. The summed E-state index contributed by atoms with van der Waals surface area (Å²) in [6, 6.07) is 19.1. The molecule has 1 fully saturated rings. The molecular formula is C29H26BrNO5. The Balaban J connectivity index is 1.68. The Hall–Kier alpha value is -3.58. The summed E-state index contributed by atoms with van der Waals surface area (Å²) >= 11 is 3.39. The quantitative estimate of drug-likeness (QED) is 0.242. The van der Waals surface area contributed by atoms with E-state index in [1.807, 2.05) is 24.3 Å². The van der Waals surface area contributed by atoms with Crippen molar-refractivity contribution in [2.75, 3.05) is 18.1 Å². The number of ketones is 1. The second-order valence-corrected chi connectivity index (χ2v) is 10.8. The number of rotatable bonds is 3. The first-order chi connectivity index (χ1) is 17.1. The van der Waals surface area contributed by atoms with Gasteiger partial charge in [0.05, 0.1) is 11.6 Å². The second-order valence-electron chi connectivity index (χ2n) is 9.88. The molecule has 36 heavy (non-hydrogen) atoms. The summed E-state index contributed by atoms with van der Waals surface area (Å²) in [6.07, 6.45) is 0. The van der Waals surface area contributed by atoms with Crippen LogP contribution in [0.2, 0.25) is 0 Å². The monoisotopic (exact) mass is 547 g/mol. The van der Waals surface area contributed by atoms with Crippen LogP contribution in [0.3, 0.4) is 0 Å². The van der Waals surface area contributed by atoms with Gasteiger partial charge in [-0.25, -0.2) is 0 Å². The summed E-state index contributed by atoms with van der Waals surface area (Å²) in [5.74, 6) is -0.575. The van der Waals surface area contributed by atoms with E-state index in [2.05, 4.69) is 36.7 Å². The summed E-state index contributed by atoms with van der Waals surface area (Å²) < 4.78 is 12.2. The summed E-state index contributed by atoms with van der Waals surface area (Å²) in [5, 5.41) is 11.3. The first kappa shape index (κ1) is 24.1. The third-order valence-corrected chi connectivity index (χ3v) is 6.99. The van der Waals surface area contributed by atoms with Gasteiger partial charge >= 0.3 is 0 Å². The maximum absolute atomic E-state index is 13.4. The van der Waals surface area contributed by atoms with Crippen molar-refractivity contribution < 1.29 is 24.2 Å². The Bertz CT molecular complexity index is 1370. The molecule has 0 radical (unpaired) electrons. The van der Waals surface area contributed by atoms with Gasteiger partial charge in [0, 0.05) is 21.8 Å². The number of aliphatic hydroxyl groups excluding tert-OH is 1. The molecule has 1 N–H and O–H groups in total. The molecule has 1 atom stereocenters. The number of benzene rings is 3. The average molecular weight is 548 g/mol. The fourth-order valence-corrected chi connectivity index (χ4v) is 4.79. The van der Waals surface area contributed by atoms with Crippen LogP contribution in [-0.2, 0) is 15.0 Å². The largest absolute Gasteiger partial charge is 0.507 e. The summed E-state index contributed by atoms with van der Waals surface area (Å²) in [4.78, 5) is 28.3. The van der Waals surface area contributed by atoms with Crippen molar-refractivity contribution in [2.24, 2.45) is 0 Å². The van der Waals surface area contributed by atoms with Gasteiger partial charge < -0.3 is 14.6 Å². The van der Waals surface area contributed by atoms with Gasteiger partial charge in [-0.1, -0.05) is 73.1 Å². The molecule has 5 rings (SSSR count). The molecule has 2 heterocycles. The molecule has 184 valence electrons. The molecule has 0 saturated carbocycles. The van der Waals surface area contributed by atoms with Crippen molar-refractivity contribution in [3.63, 3.8) is 0 Å². The van der Waals surface area contributed by atoms with Crippen molar-refractivity contribution in [1.29, 1.82) is 0 Å². The molecule has 0 spiro atoms. The molecule has 0 bridgehead atoms. The fraction of sp³-hybridized carbons (Fsp3) is 0.241. The molecule has 3 aromatic carbocycles. The van der Waals surface area contributed by atoms with Crippen LogP contribution < -0.4 is 14.4 Å². The van der Waals surface area contributed by atoms with Gasteiger partial charge in [-0.2, -0.15) is 0 Å². The third kappa shape index (κ3) is 4.28. The number of carbonyl (C=O) groups is 2. The lowest BCUT2D eigenvalue weighted by Gasteiger charge is -2.28. The van der Waals surface area contributed by atoms with E-state index in [4.69, 9.17) is 9.47 Å². The second kappa shape index (κ2) is 9.13. The smallest absolute Gasteiger partial charge is 0.300 e. The Morgan fingerprint density at radius 3 is 2.19 bits per heavy atom. The molecule has 2 aliphatic rings. The van der Waals surface area contributed by atoms with E-state index in [1.54, 1.807) is 42.5 Å². The van der Waals surface area contributed by atoms with Crippen molar-refractivity contribution in [3.8, 4) is 11.5 Å². The third-order valence-electron chi connectivity index (χ3n) is 6.46. The molecule has 1 unspecified atom stereocenters. The molecule has 3 aromatic rings. The molecule has 1 saturated heterocycles. The van der Waals surface area contributed by atoms with Gasteiger partial charge in [-0.15, -0.1) is 0 Å². The molecule has 6 nitrogen and oxygen atoms in total. The number of halogens is 1. The highest BCUT2D eigenvalue weighted by molar-refractivity contribution is 9.10. The number of Topliss-reactive ketones (excluding diaryl/α,β-unsaturated/α-hetero) is 1. The van der Waals surface area contributed by atoms with Gasteiger partial charge in [0.15, 0.2) is 11.5 Å². The Kier molecular flexibility index (Phi) is 6.12. The standard InChI is InChI=1S/C29H26BrNO5/c1-29(2,3)19-8-4-17(5-9-19)25-24(26(32)18-6-10-20(30)11-7-18)27(33)28(34)31(25)21-12-13-22-23(16-21)36-15-14-35-22/h4-13,16,25,32H,14-15H2,1-3H3/b26-24+.